The molecule has 3 aromatic rings. The first-order valence-electron chi connectivity index (χ1n) is 9.10. The van der Waals surface area contributed by atoms with Gasteiger partial charge >= 0.3 is 5.63 Å². The van der Waals surface area contributed by atoms with Crippen LogP contribution in [0.1, 0.15) is 11.1 Å². The molecule has 1 heterocycles. The zero-order valence-electron chi connectivity index (χ0n) is 16.5. The second-order valence-corrected chi connectivity index (χ2v) is 6.32. The smallest absolute Gasteiger partial charge is 0.336 e. The van der Waals surface area contributed by atoms with E-state index >= 15 is 0 Å². The number of amides is 1. The lowest BCUT2D eigenvalue weighted by molar-refractivity contribution is -0.124. The standard InChI is InChI=1S/C22H21NO7/c1-14-11-22(25)30-19-13-16(5-6-17(14)19)28-9-10-29-18-7-3-15(12-20(18)27-2)4-8-21(24)23-26/h3-8,11-13,26H,9-10H2,1-2H3,(H,23,24)/b8-4+. The lowest BCUT2D eigenvalue weighted by Crippen LogP contribution is -2.14. The second-order valence-electron chi connectivity index (χ2n) is 6.32. The number of methoxy groups -OCH3 is 1. The van der Waals surface area contributed by atoms with Crippen molar-refractivity contribution in [2.24, 2.45) is 0 Å². The zero-order chi connectivity index (χ0) is 21.5. The van der Waals surface area contributed by atoms with Gasteiger partial charge < -0.3 is 18.6 Å². The van der Waals surface area contributed by atoms with Crippen molar-refractivity contribution in [1.82, 2.24) is 5.48 Å². The number of carbonyl (C=O) groups is 1. The molecule has 156 valence electrons. The number of aryl methyl sites for hydroxylation is 1. The molecule has 0 bridgehead atoms. The first-order chi connectivity index (χ1) is 14.5. The summed E-state index contributed by atoms with van der Waals surface area (Å²) < 4.78 is 21.9. The van der Waals surface area contributed by atoms with Crippen LogP contribution < -0.4 is 25.3 Å². The van der Waals surface area contributed by atoms with Gasteiger partial charge in [0.1, 0.15) is 24.5 Å². The summed E-state index contributed by atoms with van der Waals surface area (Å²) in [6, 6.07) is 11.9. The summed E-state index contributed by atoms with van der Waals surface area (Å²) in [5.41, 5.74) is 3.14. The van der Waals surface area contributed by atoms with Crippen LogP contribution in [0.5, 0.6) is 17.2 Å². The van der Waals surface area contributed by atoms with E-state index in [1.165, 1.54) is 30.8 Å². The molecule has 1 aromatic heterocycles. The van der Waals surface area contributed by atoms with Gasteiger partial charge in [0.15, 0.2) is 11.5 Å². The Morgan fingerprint density at radius 3 is 2.67 bits per heavy atom. The van der Waals surface area contributed by atoms with Gasteiger partial charge in [-0.25, -0.2) is 10.3 Å². The Hall–Kier alpha value is -3.78. The number of carbonyl (C=O) groups excluding carboxylic acids is 1. The summed E-state index contributed by atoms with van der Waals surface area (Å²) in [6.07, 6.45) is 2.72. The molecule has 0 aliphatic heterocycles. The number of rotatable bonds is 8. The highest BCUT2D eigenvalue weighted by Crippen LogP contribution is 2.28. The quantitative estimate of drug-likeness (QED) is 0.193. The van der Waals surface area contributed by atoms with E-state index in [0.717, 1.165) is 10.9 Å². The maximum absolute atomic E-state index is 11.5. The molecule has 2 aromatic carbocycles. The van der Waals surface area contributed by atoms with Crippen LogP contribution >= 0.6 is 0 Å². The molecule has 8 heteroatoms. The minimum absolute atomic E-state index is 0.258. The fraction of sp³-hybridized carbons (Fsp3) is 0.182. The van der Waals surface area contributed by atoms with Crippen molar-refractivity contribution in [2.45, 2.75) is 6.92 Å². The molecule has 0 atom stereocenters. The molecule has 0 spiro atoms. The van der Waals surface area contributed by atoms with E-state index in [-0.39, 0.29) is 13.2 Å². The van der Waals surface area contributed by atoms with E-state index in [9.17, 15) is 9.59 Å². The van der Waals surface area contributed by atoms with E-state index in [1.54, 1.807) is 30.3 Å². The SMILES string of the molecule is COc1cc(/C=C/C(=O)NO)ccc1OCCOc1ccc2c(C)cc(=O)oc2c1. The highest BCUT2D eigenvalue weighted by molar-refractivity contribution is 5.90. The molecule has 1 amide bonds. The highest BCUT2D eigenvalue weighted by atomic mass is 16.5. The van der Waals surface area contributed by atoms with Gasteiger partial charge in [0.25, 0.3) is 5.91 Å². The van der Waals surface area contributed by atoms with Gasteiger partial charge in [-0.3, -0.25) is 10.0 Å². The molecule has 0 unspecified atom stereocenters. The number of fused-ring (bicyclic) bond motifs is 1. The van der Waals surface area contributed by atoms with Crippen molar-refractivity contribution in [3.63, 3.8) is 0 Å². The van der Waals surface area contributed by atoms with Crippen LogP contribution in [-0.2, 0) is 4.79 Å². The summed E-state index contributed by atoms with van der Waals surface area (Å²) in [7, 11) is 1.51. The molecule has 0 aliphatic rings. The molecule has 0 saturated heterocycles. The number of ether oxygens (including phenoxy) is 3. The molecular formula is C22H21NO7. The van der Waals surface area contributed by atoms with Crippen LogP contribution in [0.15, 0.2) is 57.8 Å². The average Bonchev–Trinajstić information content (AvgIpc) is 2.74. The number of benzene rings is 2. The van der Waals surface area contributed by atoms with Crippen LogP contribution in [0.4, 0.5) is 0 Å². The van der Waals surface area contributed by atoms with E-state index in [2.05, 4.69) is 0 Å². The van der Waals surface area contributed by atoms with Crippen LogP contribution in [0.2, 0.25) is 0 Å². The first kappa shape index (κ1) is 20.9. The lowest BCUT2D eigenvalue weighted by atomic mass is 10.1. The van der Waals surface area contributed by atoms with Crippen molar-refractivity contribution in [3.8, 4) is 17.2 Å². The molecule has 30 heavy (non-hydrogen) atoms. The van der Waals surface area contributed by atoms with E-state index < -0.39 is 11.5 Å². The van der Waals surface area contributed by atoms with E-state index in [1.807, 2.05) is 13.0 Å². The molecule has 2 N–H and O–H groups in total. The van der Waals surface area contributed by atoms with Gasteiger partial charge in [-0.1, -0.05) is 6.07 Å². The third kappa shape index (κ3) is 5.18. The minimum Gasteiger partial charge on any atom is -0.493 e. The van der Waals surface area contributed by atoms with Crippen LogP contribution in [-0.4, -0.2) is 31.4 Å². The fourth-order valence-electron chi connectivity index (χ4n) is 2.82. The van der Waals surface area contributed by atoms with Gasteiger partial charge in [-0.15, -0.1) is 0 Å². The topological polar surface area (TPSA) is 107 Å². The predicted molar refractivity (Wildman–Crippen MR) is 110 cm³/mol. The number of hydrogen-bond acceptors (Lipinski definition) is 7. The van der Waals surface area contributed by atoms with Gasteiger partial charge in [-0.05, 0) is 48.4 Å². The van der Waals surface area contributed by atoms with Crippen molar-refractivity contribution in [3.05, 3.63) is 70.1 Å². The molecule has 0 radical (unpaired) electrons. The predicted octanol–water partition coefficient (Wildman–Crippen LogP) is 3.09. The highest BCUT2D eigenvalue weighted by Gasteiger charge is 2.07. The fourth-order valence-corrected chi connectivity index (χ4v) is 2.82. The number of hydrogen-bond donors (Lipinski definition) is 2. The Balaban J connectivity index is 1.60. The maximum Gasteiger partial charge on any atom is 0.336 e. The summed E-state index contributed by atoms with van der Waals surface area (Å²) in [5.74, 6) is 0.943. The summed E-state index contributed by atoms with van der Waals surface area (Å²) >= 11 is 0. The van der Waals surface area contributed by atoms with Gasteiger partial charge in [0.05, 0.1) is 7.11 Å². The Morgan fingerprint density at radius 1 is 1.10 bits per heavy atom. The molecule has 0 fully saturated rings. The average molecular weight is 411 g/mol. The zero-order valence-corrected chi connectivity index (χ0v) is 16.5. The maximum atomic E-state index is 11.5. The third-order valence-electron chi connectivity index (χ3n) is 4.26. The summed E-state index contributed by atoms with van der Waals surface area (Å²) in [6.45, 7) is 2.38. The molecule has 3 rings (SSSR count). The van der Waals surface area contributed by atoms with Gasteiger partial charge in [-0.2, -0.15) is 0 Å². The Morgan fingerprint density at radius 2 is 1.90 bits per heavy atom. The van der Waals surface area contributed by atoms with Gasteiger partial charge in [0, 0.05) is 23.6 Å². The monoisotopic (exact) mass is 411 g/mol. The normalized spacial score (nSPS) is 10.9. The van der Waals surface area contributed by atoms with Crippen molar-refractivity contribution >= 4 is 23.0 Å². The first-order valence-corrected chi connectivity index (χ1v) is 9.10. The number of nitrogens with one attached hydrogen (secondary N) is 1. The van der Waals surface area contributed by atoms with Crippen molar-refractivity contribution < 1.29 is 28.6 Å². The molecule has 0 saturated carbocycles. The van der Waals surface area contributed by atoms with Crippen LogP contribution in [0, 0.1) is 6.92 Å². The Bertz CT molecular complexity index is 1130. The molecular weight excluding hydrogens is 390 g/mol. The number of hydroxylamine groups is 1. The summed E-state index contributed by atoms with van der Waals surface area (Å²) in [4.78, 5) is 22.6. The summed E-state index contributed by atoms with van der Waals surface area (Å²) in [5, 5.41) is 9.37. The second kappa shape index (κ2) is 9.62. The van der Waals surface area contributed by atoms with Crippen LogP contribution in [0.3, 0.4) is 0 Å². The lowest BCUT2D eigenvalue weighted by Gasteiger charge is -2.12. The van der Waals surface area contributed by atoms with E-state index in [4.69, 9.17) is 23.8 Å². The van der Waals surface area contributed by atoms with Crippen molar-refractivity contribution in [1.29, 1.82) is 0 Å². The largest absolute Gasteiger partial charge is 0.493 e. The Labute approximate surface area is 172 Å². The molecule has 8 nitrogen and oxygen atoms in total. The minimum atomic E-state index is -0.630. The van der Waals surface area contributed by atoms with Crippen LogP contribution in [0.25, 0.3) is 17.0 Å². The van der Waals surface area contributed by atoms with Crippen molar-refractivity contribution in [2.75, 3.05) is 20.3 Å². The third-order valence-corrected chi connectivity index (χ3v) is 4.26. The molecule has 0 aliphatic carbocycles. The van der Waals surface area contributed by atoms with Gasteiger partial charge in [0.2, 0.25) is 0 Å². The van der Waals surface area contributed by atoms with E-state index in [0.29, 0.717) is 28.4 Å². The Kier molecular flexibility index (Phi) is 6.71.